The first-order valence-corrected chi connectivity index (χ1v) is 7.53. The summed E-state index contributed by atoms with van der Waals surface area (Å²) in [6.07, 6.45) is 5.71. The summed E-state index contributed by atoms with van der Waals surface area (Å²) in [4.78, 5) is 12.1. The summed E-state index contributed by atoms with van der Waals surface area (Å²) < 4.78 is 0.939. The molecule has 1 aromatic rings. The first-order valence-electron chi connectivity index (χ1n) is 6.73. The lowest BCUT2D eigenvalue weighted by Gasteiger charge is -2.16. The van der Waals surface area contributed by atoms with E-state index in [1.165, 1.54) is 19.3 Å². The molecule has 0 aromatic heterocycles. The zero-order valence-electron chi connectivity index (χ0n) is 11.2. The molecule has 0 saturated heterocycles. The summed E-state index contributed by atoms with van der Waals surface area (Å²) >= 11 is 3.39. The van der Waals surface area contributed by atoms with E-state index in [-0.39, 0.29) is 5.91 Å². The van der Waals surface area contributed by atoms with Crippen molar-refractivity contribution in [2.24, 2.45) is 0 Å². The van der Waals surface area contributed by atoms with Gasteiger partial charge in [0.1, 0.15) is 0 Å². The molecule has 1 N–H and O–H groups in total. The summed E-state index contributed by atoms with van der Waals surface area (Å²) in [6.45, 7) is 4.32. The van der Waals surface area contributed by atoms with Crippen LogP contribution < -0.4 is 5.32 Å². The Morgan fingerprint density at radius 2 is 2.11 bits per heavy atom. The van der Waals surface area contributed by atoms with E-state index in [1.54, 1.807) is 0 Å². The fourth-order valence-electron chi connectivity index (χ4n) is 1.92. The predicted molar refractivity (Wildman–Crippen MR) is 79.8 cm³/mol. The smallest absolute Gasteiger partial charge is 0.251 e. The minimum atomic E-state index is 0.0275. The number of amides is 1. The van der Waals surface area contributed by atoms with Gasteiger partial charge in [0.05, 0.1) is 0 Å². The number of hydrogen-bond donors (Lipinski definition) is 1. The maximum atomic E-state index is 12.1. The molecule has 100 valence electrons. The average Bonchev–Trinajstić information content (AvgIpc) is 2.37. The van der Waals surface area contributed by atoms with Crippen LogP contribution in [0.25, 0.3) is 0 Å². The fourth-order valence-corrected chi connectivity index (χ4v) is 2.32. The van der Waals surface area contributed by atoms with Crippen molar-refractivity contribution in [1.29, 1.82) is 0 Å². The van der Waals surface area contributed by atoms with Gasteiger partial charge in [-0.2, -0.15) is 0 Å². The number of unbranched alkanes of at least 4 members (excludes halogenated alkanes) is 2. The van der Waals surface area contributed by atoms with Gasteiger partial charge in [-0.05, 0) is 31.0 Å². The molecule has 0 saturated carbocycles. The van der Waals surface area contributed by atoms with Crippen LogP contribution in [0.2, 0.25) is 0 Å². The van der Waals surface area contributed by atoms with Gasteiger partial charge in [0.25, 0.3) is 5.91 Å². The number of rotatable bonds is 7. The van der Waals surface area contributed by atoms with Gasteiger partial charge in [0, 0.05) is 16.1 Å². The normalized spacial score (nSPS) is 12.2. The number of carbonyl (C=O) groups excluding carboxylic acids is 1. The molecule has 0 fully saturated rings. The minimum Gasteiger partial charge on any atom is -0.349 e. The first-order chi connectivity index (χ1) is 8.67. The summed E-state index contributed by atoms with van der Waals surface area (Å²) in [6, 6.07) is 7.81. The van der Waals surface area contributed by atoms with Gasteiger partial charge in [-0.25, -0.2) is 0 Å². The largest absolute Gasteiger partial charge is 0.349 e. The summed E-state index contributed by atoms with van der Waals surface area (Å²) in [5.74, 6) is 0.0275. The molecule has 0 aliphatic heterocycles. The van der Waals surface area contributed by atoms with Crippen LogP contribution in [-0.2, 0) is 0 Å². The van der Waals surface area contributed by atoms with Gasteiger partial charge in [-0.15, -0.1) is 0 Å². The second kappa shape index (κ2) is 8.30. The molecule has 1 atom stereocenters. The minimum absolute atomic E-state index is 0.0275. The van der Waals surface area contributed by atoms with E-state index in [4.69, 9.17) is 0 Å². The molecule has 0 aliphatic rings. The van der Waals surface area contributed by atoms with Crippen molar-refractivity contribution in [2.75, 3.05) is 0 Å². The van der Waals surface area contributed by atoms with E-state index in [9.17, 15) is 4.79 Å². The van der Waals surface area contributed by atoms with Crippen molar-refractivity contribution in [3.8, 4) is 0 Å². The van der Waals surface area contributed by atoms with Crippen LogP contribution in [0.4, 0.5) is 0 Å². The second-order valence-corrected chi connectivity index (χ2v) is 5.50. The Labute approximate surface area is 118 Å². The maximum absolute atomic E-state index is 12.1. The molecule has 18 heavy (non-hydrogen) atoms. The molecule has 0 spiro atoms. The lowest BCUT2D eigenvalue weighted by molar-refractivity contribution is 0.0933. The van der Waals surface area contributed by atoms with E-state index in [2.05, 4.69) is 35.1 Å². The van der Waals surface area contributed by atoms with Gasteiger partial charge < -0.3 is 5.32 Å². The highest BCUT2D eigenvalue weighted by atomic mass is 79.9. The highest BCUT2D eigenvalue weighted by Gasteiger charge is 2.11. The molecule has 1 aromatic carbocycles. The predicted octanol–water partition coefficient (Wildman–Crippen LogP) is 4.54. The fraction of sp³-hybridized carbons (Fsp3) is 0.533. The average molecular weight is 312 g/mol. The van der Waals surface area contributed by atoms with Crippen LogP contribution in [0.5, 0.6) is 0 Å². The SMILES string of the molecule is CCCCCC(CC)NC(=O)c1cccc(Br)c1. The third-order valence-corrected chi connectivity index (χ3v) is 3.56. The van der Waals surface area contributed by atoms with Crippen LogP contribution >= 0.6 is 15.9 Å². The van der Waals surface area contributed by atoms with Crippen LogP contribution in [0.1, 0.15) is 56.3 Å². The summed E-state index contributed by atoms with van der Waals surface area (Å²) in [5, 5.41) is 3.11. The monoisotopic (exact) mass is 311 g/mol. The molecule has 0 heterocycles. The molecular formula is C15H22BrNO. The third-order valence-electron chi connectivity index (χ3n) is 3.07. The number of benzene rings is 1. The molecule has 0 radical (unpaired) electrons. The van der Waals surface area contributed by atoms with E-state index in [1.807, 2.05) is 24.3 Å². The molecule has 3 heteroatoms. The maximum Gasteiger partial charge on any atom is 0.251 e. The van der Waals surface area contributed by atoms with Crippen LogP contribution in [0.15, 0.2) is 28.7 Å². The van der Waals surface area contributed by atoms with Crippen LogP contribution in [0.3, 0.4) is 0 Å². The summed E-state index contributed by atoms with van der Waals surface area (Å²) in [5.41, 5.74) is 0.721. The van der Waals surface area contributed by atoms with E-state index < -0.39 is 0 Å². The number of carbonyl (C=O) groups is 1. The van der Waals surface area contributed by atoms with Crippen LogP contribution in [0, 0.1) is 0 Å². The van der Waals surface area contributed by atoms with Crippen molar-refractivity contribution in [3.63, 3.8) is 0 Å². The Bertz CT molecular complexity index is 379. The topological polar surface area (TPSA) is 29.1 Å². The molecule has 2 nitrogen and oxygen atoms in total. The Hall–Kier alpha value is -0.830. The van der Waals surface area contributed by atoms with Crippen molar-refractivity contribution < 1.29 is 4.79 Å². The van der Waals surface area contributed by atoms with Gasteiger partial charge >= 0.3 is 0 Å². The van der Waals surface area contributed by atoms with Gasteiger partial charge in [0.2, 0.25) is 0 Å². The van der Waals surface area contributed by atoms with Gasteiger partial charge in [-0.3, -0.25) is 4.79 Å². The molecule has 1 unspecified atom stereocenters. The zero-order chi connectivity index (χ0) is 13.4. The Morgan fingerprint density at radius 1 is 1.33 bits per heavy atom. The number of halogens is 1. The number of hydrogen-bond acceptors (Lipinski definition) is 1. The lowest BCUT2D eigenvalue weighted by Crippen LogP contribution is -2.34. The van der Waals surface area contributed by atoms with Crippen molar-refractivity contribution in [2.45, 2.75) is 52.0 Å². The van der Waals surface area contributed by atoms with Crippen molar-refractivity contribution in [3.05, 3.63) is 34.3 Å². The molecular weight excluding hydrogens is 290 g/mol. The Kier molecular flexibility index (Phi) is 7.02. The summed E-state index contributed by atoms with van der Waals surface area (Å²) in [7, 11) is 0. The zero-order valence-corrected chi connectivity index (χ0v) is 12.8. The van der Waals surface area contributed by atoms with Gasteiger partial charge in [0.15, 0.2) is 0 Å². The molecule has 1 rings (SSSR count). The first kappa shape index (κ1) is 15.2. The van der Waals surface area contributed by atoms with E-state index in [0.29, 0.717) is 6.04 Å². The lowest BCUT2D eigenvalue weighted by atomic mass is 10.1. The van der Waals surface area contributed by atoms with E-state index in [0.717, 1.165) is 22.9 Å². The van der Waals surface area contributed by atoms with Crippen molar-refractivity contribution >= 4 is 21.8 Å². The molecule has 0 aliphatic carbocycles. The van der Waals surface area contributed by atoms with Gasteiger partial charge in [-0.1, -0.05) is 55.1 Å². The molecule has 1 amide bonds. The third kappa shape index (κ3) is 5.21. The highest BCUT2D eigenvalue weighted by molar-refractivity contribution is 9.10. The van der Waals surface area contributed by atoms with E-state index >= 15 is 0 Å². The Morgan fingerprint density at radius 3 is 2.72 bits per heavy atom. The van der Waals surface area contributed by atoms with Crippen LogP contribution in [-0.4, -0.2) is 11.9 Å². The Balaban J connectivity index is 2.51. The molecule has 0 bridgehead atoms. The number of nitrogens with one attached hydrogen (secondary N) is 1. The highest BCUT2D eigenvalue weighted by Crippen LogP contribution is 2.13. The second-order valence-electron chi connectivity index (χ2n) is 4.58. The van der Waals surface area contributed by atoms with Crippen molar-refractivity contribution in [1.82, 2.24) is 5.32 Å². The quantitative estimate of drug-likeness (QED) is 0.736. The standard InChI is InChI=1S/C15H22BrNO/c1-3-5-6-10-14(4-2)17-15(18)12-8-7-9-13(16)11-12/h7-9,11,14H,3-6,10H2,1-2H3,(H,17,18).